The molecule has 4 heteroatoms. The molecular formula is C7H14N2O2. The molecule has 1 aliphatic heterocycles. The molecule has 64 valence electrons. The van der Waals surface area contributed by atoms with Crippen LogP contribution in [0, 0.1) is 0 Å². The Morgan fingerprint density at radius 3 is 2.55 bits per heavy atom. The van der Waals surface area contributed by atoms with Gasteiger partial charge >= 0.3 is 6.03 Å². The summed E-state index contributed by atoms with van der Waals surface area (Å²) in [5.41, 5.74) is -0.119. The van der Waals surface area contributed by atoms with Gasteiger partial charge in [-0.25, -0.2) is 4.79 Å². The average molecular weight is 158 g/mol. The predicted octanol–water partition coefficient (Wildman–Crippen LogP) is 0.0465. The minimum absolute atomic E-state index is 0.0282. The molecule has 11 heavy (non-hydrogen) atoms. The van der Waals surface area contributed by atoms with Crippen molar-refractivity contribution in [3.63, 3.8) is 0 Å². The Bertz CT molecular complexity index is 164. The molecule has 0 atom stereocenters. The zero-order valence-corrected chi connectivity index (χ0v) is 7.18. The number of amides is 2. The van der Waals surface area contributed by atoms with Gasteiger partial charge in [-0.15, -0.1) is 0 Å². The Morgan fingerprint density at radius 1 is 1.64 bits per heavy atom. The lowest BCUT2D eigenvalue weighted by Gasteiger charge is -2.46. The smallest absolute Gasteiger partial charge is 0.317 e. The average Bonchev–Trinajstić information content (AvgIpc) is 1.97. The lowest BCUT2D eigenvalue weighted by Crippen LogP contribution is -2.64. The zero-order chi connectivity index (χ0) is 8.48. The third kappa shape index (κ3) is 1.45. The number of nitrogens with one attached hydrogen (secondary N) is 1. The van der Waals surface area contributed by atoms with Gasteiger partial charge in [0.1, 0.15) is 5.60 Å². The fraction of sp³-hybridized carbons (Fsp3) is 0.857. The van der Waals surface area contributed by atoms with E-state index in [0.717, 1.165) is 0 Å². The summed E-state index contributed by atoms with van der Waals surface area (Å²) in [7, 11) is 3.30. The molecule has 1 heterocycles. The molecule has 1 rings (SSSR count). The van der Waals surface area contributed by atoms with E-state index in [0.29, 0.717) is 13.1 Å². The second-order valence-electron chi connectivity index (χ2n) is 3.07. The standard InChI is InChI=1S/C7H14N2O2/c1-7(11-3)4-9(5-7)6(10)8-2/h4-5H2,1-3H3,(H,8,10). The summed E-state index contributed by atoms with van der Waals surface area (Å²) in [5, 5.41) is 2.56. The van der Waals surface area contributed by atoms with Crippen LogP contribution in [0.3, 0.4) is 0 Å². The van der Waals surface area contributed by atoms with E-state index in [1.54, 1.807) is 19.1 Å². The molecule has 4 nitrogen and oxygen atoms in total. The van der Waals surface area contributed by atoms with Crippen LogP contribution in [0.1, 0.15) is 6.92 Å². The van der Waals surface area contributed by atoms with Crippen LogP contribution in [0.2, 0.25) is 0 Å². The van der Waals surface area contributed by atoms with Crippen LogP contribution >= 0.6 is 0 Å². The number of ether oxygens (including phenoxy) is 1. The number of urea groups is 1. The van der Waals surface area contributed by atoms with Gasteiger partial charge in [0.15, 0.2) is 0 Å². The highest BCUT2D eigenvalue weighted by Crippen LogP contribution is 2.22. The number of hydrogen-bond donors (Lipinski definition) is 1. The maximum atomic E-state index is 11.0. The number of carbonyl (C=O) groups is 1. The van der Waals surface area contributed by atoms with Crippen molar-refractivity contribution in [3.05, 3.63) is 0 Å². The van der Waals surface area contributed by atoms with E-state index in [2.05, 4.69) is 5.32 Å². The highest BCUT2D eigenvalue weighted by molar-refractivity contribution is 5.75. The van der Waals surface area contributed by atoms with Crippen LogP contribution in [0.5, 0.6) is 0 Å². The number of likely N-dealkylation sites (tertiary alicyclic amines) is 1. The van der Waals surface area contributed by atoms with Crippen molar-refractivity contribution >= 4 is 6.03 Å². The van der Waals surface area contributed by atoms with Gasteiger partial charge in [0, 0.05) is 14.2 Å². The van der Waals surface area contributed by atoms with Gasteiger partial charge in [-0.1, -0.05) is 0 Å². The summed E-state index contributed by atoms with van der Waals surface area (Å²) in [4.78, 5) is 12.7. The molecule has 2 amide bonds. The molecule has 1 aliphatic rings. The summed E-state index contributed by atoms with van der Waals surface area (Å²) >= 11 is 0. The maximum Gasteiger partial charge on any atom is 0.317 e. The maximum absolute atomic E-state index is 11.0. The fourth-order valence-corrected chi connectivity index (χ4v) is 1.19. The Morgan fingerprint density at radius 2 is 2.18 bits per heavy atom. The molecule has 0 aromatic rings. The molecule has 0 bridgehead atoms. The van der Waals surface area contributed by atoms with E-state index in [4.69, 9.17) is 4.74 Å². The monoisotopic (exact) mass is 158 g/mol. The van der Waals surface area contributed by atoms with Crippen molar-refractivity contribution in [2.24, 2.45) is 0 Å². The van der Waals surface area contributed by atoms with Crippen molar-refractivity contribution in [2.45, 2.75) is 12.5 Å². The Balaban J connectivity index is 2.34. The van der Waals surface area contributed by atoms with Gasteiger partial charge in [-0.05, 0) is 6.92 Å². The van der Waals surface area contributed by atoms with Crippen LogP contribution < -0.4 is 5.32 Å². The van der Waals surface area contributed by atoms with Crippen LogP contribution in [0.25, 0.3) is 0 Å². The van der Waals surface area contributed by atoms with Crippen LogP contribution in [-0.2, 0) is 4.74 Å². The second kappa shape index (κ2) is 2.70. The van der Waals surface area contributed by atoms with Gasteiger partial charge in [0.2, 0.25) is 0 Å². The summed E-state index contributed by atoms with van der Waals surface area (Å²) in [6.07, 6.45) is 0. The minimum atomic E-state index is -0.119. The molecule has 0 aromatic heterocycles. The molecule has 0 spiro atoms. The molecule has 0 unspecified atom stereocenters. The normalized spacial score (nSPS) is 20.8. The Hall–Kier alpha value is -0.770. The van der Waals surface area contributed by atoms with E-state index in [1.165, 1.54) is 0 Å². The Labute approximate surface area is 66.5 Å². The summed E-state index contributed by atoms with van der Waals surface area (Å²) < 4.78 is 5.18. The SMILES string of the molecule is CNC(=O)N1CC(C)(OC)C1. The molecule has 0 aromatic carbocycles. The van der Waals surface area contributed by atoms with Gasteiger partial charge in [-0.3, -0.25) is 0 Å². The van der Waals surface area contributed by atoms with Crippen molar-refractivity contribution < 1.29 is 9.53 Å². The quantitative estimate of drug-likeness (QED) is 0.585. The van der Waals surface area contributed by atoms with Gasteiger partial charge < -0.3 is 15.0 Å². The lowest BCUT2D eigenvalue weighted by atomic mass is 9.97. The second-order valence-corrected chi connectivity index (χ2v) is 3.07. The first-order valence-corrected chi connectivity index (χ1v) is 3.63. The lowest BCUT2D eigenvalue weighted by molar-refractivity contribution is -0.0907. The number of methoxy groups -OCH3 is 1. The molecule has 0 saturated carbocycles. The van der Waals surface area contributed by atoms with E-state index in [1.807, 2.05) is 6.92 Å². The first-order chi connectivity index (χ1) is 5.11. The number of rotatable bonds is 1. The summed E-state index contributed by atoms with van der Waals surface area (Å²) in [6, 6.07) is -0.0282. The van der Waals surface area contributed by atoms with Crippen LogP contribution in [-0.4, -0.2) is 43.8 Å². The minimum Gasteiger partial charge on any atom is -0.375 e. The zero-order valence-electron chi connectivity index (χ0n) is 7.18. The van der Waals surface area contributed by atoms with E-state index >= 15 is 0 Å². The molecule has 0 aliphatic carbocycles. The highest BCUT2D eigenvalue weighted by atomic mass is 16.5. The van der Waals surface area contributed by atoms with Crippen LogP contribution in [0.15, 0.2) is 0 Å². The fourth-order valence-electron chi connectivity index (χ4n) is 1.19. The molecular weight excluding hydrogens is 144 g/mol. The van der Waals surface area contributed by atoms with Crippen molar-refractivity contribution in [3.8, 4) is 0 Å². The molecule has 0 radical (unpaired) electrons. The van der Waals surface area contributed by atoms with E-state index in [9.17, 15) is 4.79 Å². The third-order valence-corrected chi connectivity index (χ3v) is 2.04. The van der Waals surface area contributed by atoms with Crippen molar-refractivity contribution in [1.82, 2.24) is 10.2 Å². The predicted molar refractivity (Wildman–Crippen MR) is 41.4 cm³/mol. The van der Waals surface area contributed by atoms with Gasteiger partial charge in [0.05, 0.1) is 13.1 Å². The molecule has 1 fully saturated rings. The van der Waals surface area contributed by atoms with Crippen LogP contribution in [0.4, 0.5) is 4.79 Å². The van der Waals surface area contributed by atoms with E-state index in [-0.39, 0.29) is 11.6 Å². The van der Waals surface area contributed by atoms with E-state index < -0.39 is 0 Å². The summed E-state index contributed by atoms with van der Waals surface area (Å²) in [6.45, 7) is 3.36. The first-order valence-electron chi connectivity index (χ1n) is 3.63. The highest BCUT2D eigenvalue weighted by Gasteiger charge is 2.41. The number of nitrogens with zero attached hydrogens (tertiary/aromatic N) is 1. The van der Waals surface area contributed by atoms with Crippen molar-refractivity contribution in [1.29, 1.82) is 0 Å². The van der Waals surface area contributed by atoms with Crippen molar-refractivity contribution in [2.75, 3.05) is 27.2 Å². The Kier molecular flexibility index (Phi) is 2.04. The molecule has 1 N–H and O–H groups in total. The number of hydrogen-bond acceptors (Lipinski definition) is 2. The largest absolute Gasteiger partial charge is 0.375 e. The van der Waals surface area contributed by atoms with Gasteiger partial charge in [0.25, 0.3) is 0 Å². The van der Waals surface area contributed by atoms with Gasteiger partial charge in [-0.2, -0.15) is 0 Å². The summed E-state index contributed by atoms with van der Waals surface area (Å²) in [5.74, 6) is 0. The number of carbonyl (C=O) groups excluding carboxylic acids is 1. The molecule has 1 saturated heterocycles. The topological polar surface area (TPSA) is 41.6 Å². The third-order valence-electron chi connectivity index (χ3n) is 2.04. The first kappa shape index (κ1) is 8.33.